The van der Waals surface area contributed by atoms with Gasteiger partial charge in [0.25, 0.3) is 0 Å². The smallest absolute Gasteiger partial charge is 0.191 e. The maximum absolute atomic E-state index is 12.0. The van der Waals surface area contributed by atoms with Gasteiger partial charge in [0.05, 0.1) is 6.10 Å². The summed E-state index contributed by atoms with van der Waals surface area (Å²) in [6.07, 6.45) is 6.97. The van der Waals surface area contributed by atoms with E-state index in [0.29, 0.717) is 17.4 Å². The van der Waals surface area contributed by atoms with E-state index in [1.165, 1.54) is 0 Å². The topological polar surface area (TPSA) is 62.7 Å². The molecule has 1 saturated heterocycles. The van der Waals surface area contributed by atoms with Crippen LogP contribution in [-0.2, 0) is 15.5 Å². The average Bonchev–Trinajstić information content (AvgIpc) is 3.04. The SMILES string of the molecule is CCS(=O)C1CCCC(NC(=NC)NCC2CCCO2)C1. The minimum atomic E-state index is -0.677. The molecule has 0 radical (unpaired) electrons. The van der Waals surface area contributed by atoms with Gasteiger partial charge in [0.1, 0.15) is 0 Å². The number of aliphatic imine (C=N–C) groups is 1. The molecule has 5 nitrogen and oxygen atoms in total. The predicted octanol–water partition coefficient (Wildman–Crippen LogP) is 1.41. The zero-order valence-electron chi connectivity index (χ0n) is 13.3. The highest BCUT2D eigenvalue weighted by Gasteiger charge is 2.26. The van der Waals surface area contributed by atoms with Crippen molar-refractivity contribution in [2.75, 3.05) is 26.0 Å². The molecule has 1 aliphatic carbocycles. The molecule has 0 aromatic heterocycles. The van der Waals surface area contributed by atoms with Crippen LogP contribution in [0, 0.1) is 0 Å². The second-order valence-electron chi connectivity index (χ2n) is 5.89. The van der Waals surface area contributed by atoms with Crippen molar-refractivity contribution in [2.45, 2.75) is 62.8 Å². The summed E-state index contributed by atoms with van der Waals surface area (Å²) < 4.78 is 17.6. The number of guanidine groups is 1. The Labute approximate surface area is 130 Å². The summed E-state index contributed by atoms with van der Waals surface area (Å²) in [5.74, 6) is 1.61. The van der Waals surface area contributed by atoms with Crippen LogP contribution in [0.3, 0.4) is 0 Å². The van der Waals surface area contributed by atoms with E-state index in [-0.39, 0.29) is 0 Å². The Balaban J connectivity index is 1.76. The Morgan fingerprint density at radius 2 is 2.19 bits per heavy atom. The fraction of sp³-hybridized carbons (Fsp3) is 0.933. The fourth-order valence-electron chi connectivity index (χ4n) is 3.15. The molecular formula is C15H29N3O2S. The summed E-state index contributed by atoms with van der Waals surface area (Å²) in [7, 11) is 1.12. The van der Waals surface area contributed by atoms with Crippen molar-refractivity contribution in [3.63, 3.8) is 0 Å². The van der Waals surface area contributed by atoms with Gasteiger partial charge >= 0.3 is 0 Å². The highest BCUT2D eigenvalue weighted by atomic mass is 32.2. The van der Waals surface area contributed by atoms with E-state index >= 15 is 0 Å². The van der Waals surface area contributed by atoms with E-state index < -0.39 is 10.8 Å². The minimum Gasteiger partial charge on any atom is -0.376 e. The number of hydrogen-bond acceptors (Lipinski definition) is 3. The number of nitrogens with zero attached hydrogens (tertiary/aromatic N) is 1. The number of nitrogens with one attached hydrogen (secondary N) is 2. The van der Waals surface area contributed by atoms with Crippen molar-refractivity contribution >= 4 is 16.8 Å². The molecule has 1 heterocycles. The Kier molecular flexibility index (Phi) is 6.96. The molecule has 2 N–H and O–H groups in total. The molecule has 0 spiro atoms. The largest absolute Gasteiger partial charge is 0.376 e. The summed E-state index contributed by atoms with van der Waals surface area (Å²) in [5, 5.41) is 7.19. The molecule has 1 aliphatic heterocycles. The van der Waals surface area contributed by atoms with E-state index in [9.17, 15) is 4.21 Å². The molecule has 0 aromatic rings. The molecule has 0 aromatic carbocycles. The first-order chi connectivity index (χ1) is 10.2. The van der Waals surface area contributed by atoms with Gasteiger partial charge in [-0.25, -0.2) is 0 Å². The summed E-state index contributed by atoms with van der Waals surface area (Å²) >= 11 is 0. The van der Waals surface area contributed by atoms with Gasteiger partial charge in [-0.3, -0.25) is 9.20 Å². The van der Waals surface area contributed by atoms with Crippen LogP contribution in [-0.4, -0.2) is 53.5 Å². The maximum atomic E-state index is 12.0. The van der Waals surface area contributed by atoms with Gasteiger partial charge in [-0.2, -0.15) is 0 Å². The first-order valence-electron chi connectivity index (χ1n) is 8.19. The lowest BCUT2D eigenvalue weighted by Crippen LogP contribution is -2.48. The Morgan fingerprint density at radius 1 is 1.33 bits per heavy atom. The quantitative estimate of drug-likeness (QED) is 0.595. The average molecular weight is 315 g/mol. The molecule has 122 valence electrons. The van der Waals surface area contributed by atoms with Crippen LogP contribution in [0.1, 0.15) is 45.4 Å². The monoisotopic (exact) mass is 315 g/mol. The molecule has 21 heavy (non-hydrogen) atoms. The number of hydrogen-bond donors (Lipinski definition) is 2. The summed E-state index contributed by atoms with van der Waals surface area (Å²) in [6, 6.07) is 0.384. The first kappa shape index (κ1) is 16.7. The van der Waals surface area contributed by atoms with Crippen LogP contribution in [0.25, 0.3) is 0 Å². The molecule has 1 saturated carbocycles. The highest BCUT2D eigenvalue weighted by Crippen LogP contribution is 2.23. The zero-order valence-corrected chi connectivity index (χ0v) is 14.1. The third-order valence-corrected chi connectivity index (χ3v) is 6.11. The minimum absolute atomic E-state index is 0.315. The van der Waals surface area contributed by atoms with Crippen molar-refractivity contribution < 1.29 is 8.95 Å². The van der Waals surface area contributed by atoms with Gasteiger partial charge in [-0.15, -0.1) is 0 Å². The standard InChI is InChI=1S/C15H29N3O2S/c1-3-21(19)14-8-4-6-12(10-14)18-15(16-2)17-11-13-7-5-9-20-13/h12-14H,3-11H2,1-2H3,(H2,16,17,18). The fourth-order valence-corrected chi connectivity index (χ4v) is 4.50. The first-order valence-corrected chi connectivity index (χ1v) is 9.57. The van der Waals surface area contributed by atoms with Crippen LogP contribution >= 0.6 is 0 Å². The zero-order chi connectivity index (χ0) is 15.1. The molecule has 2 fully saturated rings. The normalized spacial score (nSPS) is 31.9. The van der Waals surface area contributed by atoms with Crippen LogP contribution < -0.4 is 10.6 Å². The van der Waals surface area contributed by atoms with Gasteiger partial charge < -0.3 is 15.4 Å². The molecule has 0 amide bonds. The number of rotatable bonds is 5. The van der Waals surface area contributed by atoms with Crippen molar-refractivity contribution in [1.29, 1.82) is 0 Å². The maximum Gasteiger partial charge on any atom is 0.191 e. The van der Waals surface area contributed by atoms with Gasteiger partial charge in [0, 0.05) is 48.0 Å². The second-order valence-corrected chi connectivity index (χ2v) is 7.89. The lowest BCUT2D eigenvalue weighted by Gasteiger charge is -2.30. The molecule has 2 rings (SSSR count). The van der Waals surface area contributed by atoms with E-state index in [2.05, 4.69) is 15.6 Å². The number of ether oxygens (including phenoxy) is 1. The predicted molar refractivity (Wildman–Crippen MR) is 88.2 cm³/mol. The van der Waals surface area contributed by atoms with E-state index in [0.717, 1.165) is 63.4 Å². The van der Waals surface area contributed by atoms with Crippen LogP contribution in [0.4, 0.5) is 0 Å². The highest BCUT2D eigenvalue weighted by molar-refractivity contribution is 7.85. The van der Waals surface area contributed by atoms with E-state index in [1.54, 1.807) is 7.05 Å². The van der Waals surface area contributed by atoms with Gasteiger partial charge in [0.2, 0.25) is 0 Å². The molecule has 4 atom stereocenters. The van der Waals surface area contributed by atoms with Crippen molar-refractivity contribution in [2.24, 2.45) is 4.99 Å². The molecule has 6 heteroatoms. The van der Waals surface area contributed by atoms with Gasteiger partial charge in [-0.05, 0) is 32.1 Å². The van der Waals surface area contributed by atoms with Gasteiger partial charge in [0.15, 0.2) is 5.96 Å². The second kappa shape index (κ2) is 8.73. The Morgan fingerprint density at radius 3 is 2.86 bits per heavy atom. The lowest BCUT2D eigenvalue weighted by molar-refractivity contribution is 0.113. The van der Waals surface area contributed by atoms with Crippen molar-refractivity contribution in [3.8, 4) is 0 Å². The van der Waals surface area contributed by atoms with Crippen molar-refractivity contribution in [3.05, 3.63) is 0 Å². The molecule has 2 aliphatic rings. The lowest BCUT2D eigenvalue weighted by atomic mass is 9.95. The summed E-state index contributed by atoms with van der Waals surface area (Å²) in [6.45, 7) is 3.71. The van der Waals surface area contributed by atoms with Crippen LogP contribution in [0.2, 0.25) is 0 Å². The molecule has 0 bridgehead atoms. The third-order valence-electron chi connectivity index (χ3n) is 4.37. The molecular weight excluding hydrogens is 286 g/mol. The van der Waals surface area contributed by atoms with E-state index in [1.807, 2.05) is 6.92 Å². The Hall–Kier alpha value is -0.620. The van der Waals surface area contributed by atoms with Crippen LogP contribution in [0.5, 0.6) is 0 Å². The van der Waals surface area contributed by atoms with Crippen molar-refractivity contribution in [1.82, 2.24) is 10.6 Å². The Bertz CT molecular complexity index is 370. The van der Waals surface area contributed by atoms with Gasteiger partial charge in [-0.1, -0.05) is 13.3 Å². The van der Waals surface area contributed by atoms with Crippen LogP contribution in [0.15, 0.2) is 4.99 Å². The molecule has 4 unspecified atom stereocenters. The van der Waals surface area contributed by atoms with E-state index in [4.69, 9.17) is 4.74 Å². The third kappa shape index (κ3) is 5.25. The summed E-state index contributed by atoms with van der Waals surface area (Å²) in [5.41, 5.74) is 0. The summed E-state index contributed by atoms with van der Waals surface area (Å²) in [4.78, 5) is 4.30.